The summed E-state index contributed by atoms with van der Waals surface area (Å²) in [5.74, 6) is -0.630. The summed E-state index contributed by atoms with van der Waals surface area (Å²) in [6, 6.07) is 14.6. The summed E-state index contributed by atoms with van der Waals surface area (Å²) in [4.78, 5) is 33.9. The van der Waals surface area contributed by atoms with Crippen LogP contribution in [-0.2, 0) is 4.79 Å². The molecule has 0 aliphatic heterocycles. The number of anilines is 1. The summed E-state index contributed by atoms with van der Waals surface area (Å²) in [7, 11) is 1.72. The average molecular weight is 342 g/mol. The van der Waals surface area contributed by atoms with Crippen LogP contribution in [-0.4, -0.2) is 30.3 Å². The van der Waals surface area contributed by atoms with Crippen LogP contribution >= 0.6 is 0 Å². The van der Waals surface area contributed by atoms with Crippen molar-refractivity contribution < 1.29 is 14.5 Å². The van der Waals surface area contributed by atoms with Crippen molar-refractivity contribution in [2.24, 2.45) is 0 Å². The van der Waals surface area contributed by atoms with Gasteiger partial charge in [0.2, 0.25) is 5.91 Å². The highest BCUT2D eigenvalue weighted by molar-refractivity contribution is 5.94. The topological polar surface area (TPSA) is 105 Å². The largest absolute Gasteiger partial charge is 0.352 e. The summed E-state index contributed by atoms with van der Waals surface area (Å²) in [5.41, 5.74) is 3.75. The van der Waals surface area contributed by atoms with Crippen molar-refractivity contribution in [3.63, 3.8) is 0 Å². The second kappa shape index (κ2) is 8.44. The maximum atomic E-state index is 11.9. The number of nitro benzene ring substituents is 1. The molecule has 2 amide bonds. The number of hydrogen-bond acceptors (Lipinski definition) is 5. The Balaban J connectivity index is 1.76. The van der Waals surface area contributed by atoms with E-state index in [1.165, 1.54) is 24.3 Å². The van der Waals surface area contributed by atoms with E-state index >= 15 is 0 Å². The second-order valence-electron chi connectivity index (χ2n) is 5.24. The van der Waals surface area contributed by atoms with E-state index in [2.05, 4.69) is 10.7 Å². The fourth-order valence-corrected chi connectivity index (χ4v) is 2.09. The number of hydrazine groups is 1. The van der Waals surface area contributed by atoms with E-state index in [4.69, 9.17) is 0 Å². The Kier molecular flexibility index (Phi) is 6.05. The van der Waals surface area contributed by atoms with Crippen molar-refractivity contribution >= 4 is 23.2 Å². The molecule has 0 spiro atoms. The van der Waals surface area contributed by atoms with Gasteiger partial charge in [-0.15, -0.1) is 0 Å². The molecule has 0 aromatic heterocycles. The SMILES string of the molecule is CN(NC(=O)CCNC(=O)c1ccc([N+](=O)[O-])cc1)c1ccccc1. The van der Waals surface area contributed by atoms with Gasteiger partial charge in [-0.1, -0.05) is 18.2 Å². The molecule has 8 heteroatoms. The first-order chi connectivity index (χ1) is 12.0. The van der Waals surface area contributed by atoms with Crippen molar-refractivity contribution in [1.82, 2.24) is 10.7 Å². The number of carbonyl (C=O) groups is 2. The molecule has 130 valence electrons. The highest BCUT2D eigenvalue weighted by atomic mass is 16.6. The first-order valence-electron chi connectivity index (χ1n) is 7.58. The number of nitrogens with zero attached hydrogens (tertiary/aromatic N) is 2. The maximum Gasteiger partial charge on any atom is 0.269 e. The minimum absolute atomic E-state index is 0.0834. The quantitative estimate of drug-likeness (QED) is 0.590. The number of non-ortho nitro benzene ring substituents is 1. The minimum Gasteiger partial charge on any atom is -0.352 e. The molecule has 0 aliphatic rings. The van der Waals surface area contributed by atoms with Gasteiger partial charge in [0.15, 0.2) is 0 Å². The summed E-state index contributed by atoms with van der Waals surface area (Å²) in [6.07, 6.45) is 0.107. The van der Waals surface area contributed by atoms with Gasteiger partial charge in [-0.2, -0.15) is 0 Å². The van der Waals surface area contributed by atoms with Crippen LogP contribution < -0.4 is 15.8 Å². The lowest BCUT2D eigenvalue weighted by molar-refractivity contribution is -0.384. The monoisotopic (exact) mass is 342 g/mol. The second-order valence-corrected chi connectivity index (χ2v) is 5.24. The van der Waals surface area contributed by atoms with Gasteiger partial charge in [-0.3, -0.25) is 30.1 Å². The Morgan fingerprint density at radius 3 is 2.32 bits per heavy atom. The van der Waals surface area contributed by atoms with Crippen LogP contribution in [0.5, 0.6) is 0 Å². The molecule has 2 aromatic rings. The molecular weight excluding hydrogens is 324 g/mol. The van der Waals surface area contributed by atoms with Gasteiger partial charge in [0.05, 0.1) is 10.6 Å². The third-order valence-electron chi connectivity index (χ3n) is 3.41. The van der Waals surface area contributed by atoms with E-state index in [-0.39, 0.29) is 30.5 Å². The van der Waals surface area contributed by atoms with Crippen LogP contribution in [0.15, 0.2) is 54.6 Å². The number of carbonyl (C=O) groups excluding carboxylic acids is 2. The van der Waals surface area contributed by atoms with E-state index in [0.29, 0.717) is 5.56 Å². The number of amides is 2. The highest BCUT2D eigenvalue weighted by Gasteiger charge is 2.10. The van der Waals surface area contributed by atoms with Crippen molar-refractivity contribution in [1.29, 1.82) is 0 Å². The molecular formula is C17H18N4O4. The minimum atomic E-state index is -0.532. The number of nitro groups is 1. The predicted octanol–water partition coefficient (Wildman–Crippen LogP) is 1.88. The van der Waals surface area contributed by atoms with Crippen LogP contribution in [0, 0.1) is 10.1 Å². The summed E-state index contributed by atoms with van der Waals surface area (Å²) in [5, 5.41) is 14.8. The van der Waals surface area contributed by atoms with Crippen molar-refractivity contribution in [2.75, 3.05) is 18.6 Å². The Labute approximate surface area is 144 Å². The van der Waals surface area contributed by atoms with Crippen molar-refractivity contribution in [3.8, 4) is 0 Å². The molecule has 25 heavy (non-hydrogen) atoms. The Bertz CT molecular complexity index is 747. The van der Waals surface area contributed by atoms with E-state index in [0.717, 1.165) is 5.69 Å². The molecule has 0 radical (unpaired) electrons. The van der Waals surface area contributed by atoms with E-state index in [1.807, 2.05) is 30.3 Å². The molecule has 0 unspecified atom stereocenters. The summed E-state index contributed by atoms with van der Waals surface area (Å²) >= 11 is 0. The maximum absolute atomic E-state index is 11.9. The zero-order valence-corrected chi connectivity index (χ0v) is 13.6. The number of hydrogen-bond donors (Lipinski definition) is 2. The molecule has 0 fully saturated rings. The average Bonchev–Trinajstić information content (AvgIpc) is 2.62. The van der Waals surface area contributed by atoms with Gasteiger partial charge in [0, 0.05) is 37.7 Å². The number of para-hydroxylation sites is 1. The van der Waals surface area contributed by atoms with E-state index < -0.39 is 4.92 Å². The van der Waals surface area contributed by atoms with Crippen LogP contribution in [0.4, 0.5) is 11.4 Å². The normalized spacial score (nSPS) is 9.96. The third kappa shape index (κ3) is 5.31. The van der Waals surface area contributed by atoms with Crippen LogP contribution in [0.2, 0.25) is 0 Å². The molecule has 0 saturated carbocycles. The standard InChI is InChI=1S/C17H18N4O4/c1-20(14-5-3-2-4-6-14)19-16(22)11-12-18-17(23)13-7-9-15(10-8-13)21(24)25/h2-10H,11-12H2,1H3,(H,18,23)(H,19,22). The Hall–Kier alpha value is -3.42. The zero-order chi connectivity index (χ0) is 18.2. The highest BCUT2D eigenvalue weighted by Crippen LogP contribution is 2.11. The Morgan fingerprint density at radius 2 is 1.72 bits per heavy atom. The first kappa shape index (κ1) is 17.9. The van der Waals surface area contributed by atoms with E-state index in [9.17, 15) is 19.7 Å². The number of nitrogens with one attached hydrogen (secondary N) is 2. The van der Waals surface area contributed by atoms with Gasteiger partial charge in [-0.05, 0) is 24.3 Å². The Morgan fingerprint density at radius 1 is 1.08 bits per heavy atom. The molecule has 2 aromatic carbocycles. The van der Waals surface area contributed by atoms with Gasteiger partial charge in [0.25, 0.3) is 11.6 Å². The summed E-state index contributed by atoms with van der Waals surface area (Å²) in [6.45, 7) is 0.157. The molecule has 0 atom stereocenters. The first-order valence-corrected chi connectivity index (χ1v) is 7.58. The fraction of sp³-hybridized carbons (Fsp3) is 0.176. The van der Waals surface area contributed by atoms with Gasteiger partial charge in [-0.25, -0.2) is 0 Å². The summed E-state index contributed by atoms with van der Waals surface area (Å²) < 4.78 is 0. The zero-order valence-electron chi connectivity index (χ0n) is 13.6. The van der Waals surface area contributed by atoms with Gasteiger partial charge < -0.3 is 5.32 Å². The smallest absolute Gasteiger partial charge is 0.269 e. The molecule has 0 aliphatic carbocycles. The molecule has 8 nitrogen and oxygen atoms in total. The van der Waals surface area contributed by atoms with Crippen molar-refractivity contribution in [3.05, 3.63) is 70.3 Å². The van der Waals surface area contributed by atoms with Crippen LogP contribution in [0.25, 0.3) is 0 Å². The third-order valence-corrected chi connectivity index (χ3v) is 3.41. The van der Waals surface area contributed by atoms with Crippen LogP contribution in [0.1, 0.15) is 16.8 Å². The van der Waals surface area contributed by atoms with Gasteiger partial charge >= 0.3 is 0 Å². The van der Waals surface area contributed by atoms with Crippen LogP contribution in [0.3, 0.4) is 0 Å². The molecule has 0 bridgehead atoms. The van der Waals surface area contributed by atoms with E-state index in [1.54, 1.807) is 12.1 Å². The molecule has 2 N–H and O–H groups in total. The lowest BCUT2D eigenvalue weighted by Gasteiger charge is -2.20. The number of rotatable bonds is 7. The number of benzene rings is 2. The van der Waals surface area contributed by atoms with Gasteiger partial charge in [0.1, 0.15) is 0 Å². The van der Waals surface area contributed by atoms with Crippen molar-refractivity contribution in [2.45, 2.75) is 6.42 Å². The molecule has 0 heterocycles. The molecule has 2 rings (SSSR count). The molecule has 0 saturated heterocycles. The lowest BCUT2D eigenvalue weighted by atomic mass is 10.2. The fourth-order valence-electron chi connectivity index (χ4n) is 2.09. The lowest BCUT2D eigenvalue weighted by Crippen LogP contribution is -2.40. The predicted molar refractivity (Wildman–Crippen MR) is 93.0 cm³/mol.